The van der Waals surface area contributed by atoms with Gasteiger partial charge in [0.25, 0.3) is 0 Å². The van der Waals surface area contributed by atoms with Crippen molar-refractivity contribution in [1.29, 1.82) is 0 Å². The first kappa shape index (κ1) is 16.9. The number of hydroxylamine groups is 1. The fourth-order valence-corrected chi connectivity index (χ4v) is 3.48. The van der Waals surface area contributed by atoms with Crippen LogP contribution in [0.25, 0.3) is 0 Å². The summed E-state index contributed by atoms with van der Waals surface area (Å²) in [4.78, 5) is 6.23. The molecular weight excluding hydrogens is 240 g/mol. The van der Waals surface area contributed by atoms with Crippen molar-refractivity contribution in [2.24, 2.45) is 11.7 Å². The van der Waals surface area contributed by atoms with E-state index >= 15 is 0 Å². The van der Waals surface area contributed by atoms with Gasteiger partial charge in [0.1, 0.15) is 5.60 Å². The molecular formula is C14H33N4O+. The summed E-state index contributed by atoms with van der Waals surface area (Å²) in [7, 11) is 0. The summed E-state index contributed by atoms with van der Waals surface area (Å²) in [5, 5.41) is 0. The predicted molar refractivity (Wildman–Crippen MR) is 77.9 cm³/mol. The van der Waals surface area contributed by atoms with Crippen LogP contribution in [-0.2, 0) is 4.84 Å². The highest BCUT2D eigenvalue weighted by Crippen LogP contribution is 2.40. The maximum Gasteiger partial charge on any atom is 0.169 e. The van der Waals surface area contributed by atoms with Gasteiger partial charge in [0.05, 0.1) is 0 Å². The lowest BCUT2D eigenvalue weighted by Crippen LogP contribution is -2.78. The van der Waals surface area contributed by atoms with Crippen LogP contribution >= 0.6 is 0 Å². The predicted octanol–water partition coefficient (Wildman–Crippen LogP) is 2.68. The van der Waals surface area contributed by atoms with Crippen molar-refractivity contribution in [3.05, 3.63) is 0 Å². The largest absolute Gasteiger partial charge is 0.221 e. The first-order valence-electron chi connectivity index (χ1n) is 7.83. The molecule has 114 valence electrons. The van der Waals surface area contributed by atoms with Gasteiger partial charge in [0.15, 0.2) is 5.54 Å². The lowest BCUT2D eigenvalue weighted by molar-refractivity contribution is -1.19. The Morgan fingerprint density at radius 2 is 1.53 bits per heavy atom. The molecule has 1 fully saturated rings. The summed E-state index contributed by atoms with van der Waals surface area (Å²) in [6.07, 6.45) is 8.32. The molecule has 0 aliphatic carbocycles. The molecule has 1 saturated heterocycles. The molecule has 5 nitrogen and oxygen atoms in total. The van der Waals surface area contributed by atoms with Crippen molar-refractivity contribution >= 4 is 0 Å². The molecule has 1 aliphatic heterocycles. The summed E-state index contributed by atoms with van der Waals surface area (Å²) in [6, 6.07) is 0. The van der Waals surface area contributed by atoms with Gasteiger partial charge in [-0.15, -0.1) is 5.84 Å². The van der Waals surface area contributed by atoms with E-state index in [0.29, 0.717) is 0 Å². The Bertz CT molecular complexity index is 277. The number of hydrogen-bond acceptors (Lipinski definition) is 4. The summed E-state index contributed by atoms with van der Waals surface area (Å²) >= 11 is 0. The third kappa shape index (κ3) is 2.95. The number of hydrogen-bond donors (Lipinski definition) is 3. The summed E-state index contributed by atoms with van der Waals surface area (Å²) < 4.78 is 0. The number of rotatable bonds is 5. The van der Waals surface area contributed by atoms with Gasteiger partial charge in [-0.05, 0) is 36.1 Å². The van der Waals surface area contributed by atoms with Gasteiger partial charge in [-0.2, -0.15) is 4.84 Å². The molecule has 0 radical (unpaired) electrons. The Hall–Kier alpha value is -0.200. The van der Waals surface area contributed by atoms with E-state index in [-0.39, 0.29) is 16.0 Å². The van der Waals surface area contributed by atoms with E-state index in [1.165, 1.54) is 12.8 Å². The molecule has 5 N–H and O–H groups in total. The van der Waals surface area contributed by atoms with Crippen LogP contribution in [0.15, 0.2) is 0 Å². The Morgan fingerprint density at radius 1 is 1.00 bits per heavy atom. The highest BCUT2D eigenvalue weighted by molar-refractivity contribution is 4.82. The zero-order valence-corrected chi connectivity index (χ0v) is 13.2. The maximum absolute atomic E-state index is 6.53. The quantitative estimate of drug-likeness (QED) is 0.409. The Labute approximate surface area is 118 Å². The van der Waals surface area contributed by atoms with Crippen molar-refractivity contribution < 1.29 is 9.70 Å². The van der Waals surface area contributed by atoms with E-state index in [1.807, 2.05) is 0 Å². The van der Waals surface area contributed by atoms with Crippen LogP contribution < -0.4 is 17.2 Å². The Kier molecular flexibility index (Phi) is 5.77. The van der Waals surface area contributed by atoms with Crippen molar-refractivity contribution in [3.63, 3.8) is 0 Å². The summed E-state index contributed by atoms with van der Waals surface area (Å²) in [5.74, 6) is 12.3. The zero-order chi connectivity index (χ0) is 14.6. The number of hydrazine groups is 1. The lowest BCUT2D eigenvalue weighted by Gasteiger charge is -2.49. The molecule has 0 spiro atoms. The fourth-order valence-electron chi connectivity index (χ4n) is 3.48. The van der Waals surface area contributed by atoms with Gasteiger partial charge in [-0.1, -0.05) is 34.1 Å². The molecule has 0 bridgehead atoms. The van der Waals surface area contributed by atoms with Crippen LogP contribution in [0.2, 0.25) is 0 Å². The highest BCUT2D eigenvalue weighted by atomic mass is 16.8. The third-order valence-corrected chi connectivity index (χ3v) is 5.36. The first-order chi connectivity index (χ1) is 8.97. The molecule has 0 aromatic rings. The second-order valence-corrected chi connectivity index (χ2v) is 5.91. The average molecular weight is 273 g/mol. The lowest BCUT2D eigenvalue weighted by atomic mass is 9.83. The summed E-state index contributed by atoms with van der Waals surface area (Å²) in [5.41, 5.74) is 2.44. The average Bonchev–Trinajstić information content (AvgIpc) is 2.44. The molecule has 1 unspecified atom stereocenters. The number of nitrogens with two attached hydrogens (primary N) is 2. The fraction of sp³-hybridized carbons (Fsp3) is 1.00. The molecule has 0 saturated carbocycles. The van der Waals surface area contributed by atoms with E-state index in [4.69, 9.17) is 16.5 Å². The normalized spacial score (nSPS) is 30.6. The second kappa shape index (κ2) is 6.50. The minimum absolute atomic E-state index is 0.148. The number of nitrogens with one attached hydrogen (secondary N) is 1. The van der Waals surface area contributed by atoms with Crippen LogP contribution in [0.4, 0.5) is 0 Å². The monoisotopic (exact) mass is 273 g/mol. The topological polar surface area (TPSA) is 73.3 Å². The van der Waals surface area contributed by atoms with E-state index in [2.05, 4.69) is 33.2 Å². The minimum atomic E-state index is -0.170. The van der Waals surface area contributed by atoms with Crippen LogP contribution in [0.3, 0.4) is 0 Å². The highest BCUT2D eigenvalue weighted by Gasteiger charge is 2.54. The van der Waals surface area contributed by atoms with Crippen LogP contribution in [0.1, 0.15) is 79.1 Å². The van der Waals surface area contributed by atoms with Crippen molar-refractivity contribution in [1.82, 2.24) is 5.53 Å². The molecule has 19 heavy (non-hydrogen) atoms. The standard InChI is InChI=1S/C14H33N4O/c1-5-13(6-2)11-9-10-12-14(7-3,8-4)19-18(13,16)17-15/h17H,5-12,15-16H2,1-4H3/q+1. The Balaban J connectivity index is 3.16. The van der Waals surface area contributed by atoms with Crippen molar-refractivity contribution in [2.75, 3.05) is 0 Å². The zero-order valence-electron chi connectivity index (χ0n) is 13.2. The van der Waals surface area contributed by atoms with Gasteiger partial charge in [-0.25, -0.2) is 5.84 Å². The second-order valence-electron chi connectivity index (χ2n) is 5.91. The smallest absolute Gasteiger partial charge is 0.169 e. The summed E-state index contributed by atoms with van der Waals surface area (Å²) in [6.45, 7) is 8.69. The van der Waals surface area contributed by atoms with E-state index in [1.54, 1.807) is 0 Å². The van der Waals surface area contributed by atoms with Gasteiger partial charge in [0.2, 0.25) is 0 Å². The number of nitrogens with zero attached hydrogens (tertiary/aromatic N) is 1. The van der Waals surface area contributed by atoms with Gasteiger partial charge < -0.3 is 0 Å². The minimum Gasteiger partial charge on any atom is -0.221 e. The van der Waals surface area contributed by atoms with Crippen molar-refractivity contribution in [2.45, 2.75) is 90.2 Å². The molecule has 1 atom stereocenters. The molecule has 0 aromatic carbocycles. The van der Waals surface area contributed by atoms with E-state index in [0.717, 1.165) is 38.5 Å². The molecule has 1 aliphatic rings. The van der Waals surface area contributed by atoms with Crippen LogP contribution in [-0.4, -0.2) is 16.0 Å². The number of quaternary nitrogens is 1. The SMILES string of the molecule is CCC1(CC)CCCCC(CC)(CC)[N+](N)(NN)O1. The molecule has 0 amide bonds. The Morgan fingerprint density at radius 3 is 1.95 bits per heavy atom. The van der Waals surface area contributed by atoms with Crippen LogP contribution in [0.5, 0.6) is 0 Å². The maximum atomic E-state index is 6.53. The van der Waals surface area contributed by atoms with E-state index < -0.39 is 0 Å². The van der Waals surface area contributed by atoms with Gasteiger partial charge >= 0.3 is 0 Å². The van der Waals surface area contributed by atoms with Gasteiger partial charge in [-0.3, -0.25) is 0 Å². The third-order valence-electron chi connectivity index (χ3n) is 5.36. The molecule has 5 heteroatoms. The van der Waals surface area contributed by atoms with Gasteiger partial charge in [0, 0.05) is 19.3 Å². The molecule has 1 heterocycles. The van der Waals surface area contributed by atoms with E-state index in [9.17, 15) is 0 Å². The molecule has 0 aromatic heterocycles. The van der Waals surface area contributed by atoms with Crippen molar-refractivity contribution in [3.8, 4) is 0 Å². The first-order valence-corrected chi connectivity index (χ1v) is 7.83. The van der Waals surface area contributed by atoms with Crippen LogP contribution in [0, 0.1) is 0 Å². The molecule has 1 rings (SSSR count).